The summed E-state index contributed by atoms with van der Waals surface area (Å²) in [6.07, 6.45) is 3.77. The Kier molecular flexibility index (Phi) is 5.10. The van der Waals surface area contributed by atoms with Crippen molar-refractivity contribution < 1.29 is 4.74 Å². The molecule has 4 heteroatoms. The molecule has 0 amide bonds. The summed E-state index contributed by atoms with van der Waals surface area (Å²) >= 11 is 0. The summed E-state index contributed by atoms with van der Waals surface area (Å²) in [4.78, 5) is 11.8. The molecule has 7 aromatic rings. The van der Waals surface area contributed by atoms with Crippen molar-refractivity contribution in [3.05, 3.63) is 140 Å². The lowest BCUT2D eigenvalue weighted by Crippen LogP contribution is -2.15. The maximum Gasteiger partial charge on any atom is 0.151 e. The Morgan fingerprint density at radius 3 is 1.52 bits per heavy atom. The van der Waals surface area contributed by atoms with Gasteiger partial charge in [-0.25, -0.2) is 0 Å². The average molecular weight is 514 g/mol. The van der Waals surface area contributed by atoms with Gasteiger partial charge in [0.05, 0.1) is 22.4 Å². The van der Waals surface area contributed by atoms with Gasteiger partial charge in [0, 0.05) is 28.9 Å². The fraction of sp³-hybridized carbons (Fsp3) is 0. The van der Waals surface area contributed by atoms with Crippen LogP contribution in [0.3, 0.4) is 0 Å². The first-order chi connectivity index (χ1) is 19.8. The molecule has 1 aliphatic rings. The standard InChI is InChI=1S/C36H23N3O/c1-2-8-24(9-3-1)27-20-22-37-35-29(27)18-19-30-28(21-23-38-36(30)35)25-14-16-26(17-15-25)39-31-10-4-6-12-33(31)40-34-13-7-5-11-32(34)39/h1-23H. The monoisotopic (exact) mass is 513 g/mol. The maximum absolute atomic E-state index is 6.19. The molecule has 0 unspecified atom stereocenters. The fourth-order valence-corrected chi connectivity index (χ4v) is 5.72. The molecular formula is C36H23N3O. The second kappa shape index (κ2) is 9.07. The minimum absolute atomic E-state index is 0.847. The smallest absolute Gasteiger partial charge is 0.151 e. The second-order valence-electron chi connectivity index (χ2n) is 9.86. The van der Waals surface area contributed by atoms with E-state index in [0.29, 0.717) is 0 Å². The Morgan fingerprint density at radius 2 is 0.950 bits per heavy atom. The molecule has 0 radical (unpaired) electrons. The summed E-state index contributed by atoms with van der Waals surface area (Å²) in [7, 11) is 0. The molecule has 3 heterocycles. The van der Waals surface area contributed by atoms with Gasteiger partial charge in [-0.1, -0.05) is 78.9 Å². The van der Waals surface area contributed by atoms with Gasteiger partial charge >= 0.3 is 0 Å². The van der Waals surface area contributed by atoms with Gasteiger partial charge in [0.2, 0.25) is 0 Å². The fourth-order valence-electron chi connectivity index (χ4n) is 5.72. The Bertz CT molecular complexity index is 1990. The number of hydrogen-bond donors (Lipinski definition) is 0. The van der Waals surface area contributed by atoms with Crippen molar-refractivity contribution in [3.8, 4) is 33.8 Å². The molecule has 0 aliphatic carbocycles. The third kappa shape index (κ3) is 3.54. The minimum Gasteiger partial charge on any atom is -0.453 e. The number of para-hydroxylation sites is 4. The summed E-state index contributed by atoms with van der Waals surface area (Å²) < 4.78 is 6.19. The molecule has 5 aromatic carbocycles. The first-order valence-corrected chi connectivity index (χ1v) is 13.3. The molecule has 0 fully saturated rings. The molecule has 2 aromatic heterocycles. The normalized spacial score (nSPS) is 12.2. The predicted octanol–water partition coefficient (Wildman–Crippen LogP) is 9.69. The van der Waals surface area contributed by atoms with Gasteiger partial charge in [-0.05, 0) is 70.8 Å². The molecule has 188 valence electrons. The molecule has 0 bridgehead atoms. The minimum atomic E-state index is 0.847. The number of fused-ring (bicyclic) bond motifs is 5. The quantitative estimate of drug-likeness (QED) is 0.220. The largest absolute Gasteiger partial charge is 0.453 e. The van der Waals surface area contributed by atoms with Crippen LogP contribution in [0.2, 0.25) is 0 Å². The highest BCUT2D eigenvalue weighted by Gasteiger charge is 2.25. The van der Waals surface area contributed by atoms with E-state index in [1.807, 2.05) is 54.9 Å². The van der Waals surface area contributed by atoms with E-state index in [-0.39, 0.29) is 0 Å². The van der Waals surface area contributed by atoms with E-state index < -0.39 is 0 Å². The molecular weight excluding hydrogens is 490 g/mol. The van der Waals surface area contributed by atoms with Gasteiger partial charge in [-0.15, -0.1) is 0 Å². The number of aromatic nitrogens is 2. The van der Waals surface area contributed by atoms with Crippen LogP contribution in [0, 0.1) is 0 Å². The molecule has 1 aliphatic heterocycles. The van der Waals surface area contributed by atoms with Crippen molar-refractivity contribution in [2.45, 2.75) is 0 Å². The van der Waals surface area contributed by atoms with E-state index >= 15 is 0 Å². The number of anilines is 3. The lowest BCUT2D eigenvalue weighted by Gasteiger charge is -2.32. The van der Waals surface area contributed by atoms with Crippen molar-refractivity contribution in [1.82, 2.24) is 9.97 Å². The molecule has 40 heavy (non-hydrogen) atoms. The zero-order valence-electron chi connectivity index (χ0n) is 21.5. The van der Waals surface area contributed by atoms with E-state index in [4.69, 9.17) is 14.7 Å². The number of rotatable bonds is 3. The second-order valence-corrected chi connectivity index (χ2v) is 9.86. The Hall–Kier alpha value is -5.48. The summed E-state index contributed by atoms with van der Waals surface area (Å²) in [5.41, 5.74) is 9.54. The summed E-state index contributed by atoms with van der Waals surface area (Å²) in [6.45, 7) is 0. The third-order valence-corrected chi connectivity index (χ3v) is 7.57. The van der Waals surface area contributed by atoms with Crippen LogP contribution >= 0.6 is 0 Å². The number of nitrogens with zero attached hydrogens (tertiary/aromatic N) is 3. The van der Waals surface area contributed by atoms with Crippen molar-refractivity contribution in [3.63, 3.8) is 0 Å². The van der Waals surface area contributed by atoms with Gasteiger partial charge in [0.25, 0.3) is 0 Å². The van der Waals surface area contributed by atoms with Gasteiger partial charge in [-0.3, -0.25) is 9.97 Å². The Balaban J connectivity index is 1.24. The highest BCUT2D eigenvalue weighted by Crippen LogP contribution is 2.50. The Labute approximate surface area is 231 Å². The van der Waals surface area contributed by atoms with E-state index in [1.54, 1.807) is 0 Å². The van der Waals surface area contributed by atoms with Crippen molar-refractivity contribution in [2.75, 3.05) is 4.90 Å². The first kappa shape index (κ1) is 22.5. The van der Waals surface area contributed by atoms with Gasteiger partial charge < -0.3 is 9.64 Å². The summed E-state index contributed by atoms with van der Waals surface area (Å²) in [5, 5.41) is 2.19. The van der Waals surface area contributed by atoms with Crippen LogP contribution in [0.4, 0.5) is 17.1 Å². The molecule has 0 saturated carbocycles. The molecule has 0 atom stereocenters. The van der Waals surface area contributed by atoms with Crippen LogP contribution in [-0.2, 0) is 0 Å². The van der Waals surface area contributed by atoms with Crippen LogP contribution in [0.25, 0.3) is 44.1 Å². The van der Waals surface area contributed by atoms with Gasteiger partial charge in [0.15, 0.2) is 11.5 Å². The van der Waals surface area contributed by atoms with Crippen LogP contribution in [-0.4, -0.2) is 9.97 Å². The van der Waals surface area contributed by atoms with Crippen molar-refractivity contribution in [2.24, 2.45) is 0 Å². The lowest BCUT2D eigenvalue weighted by molar-refractivity contribution is 0.477. The van der Waals surface area contributed by atoms with E-state index in [0.717, 1.165) is 67.1 Å². The molecule has 0 N–H and O–H groups in total. The van der Waals surface area contributed by atoms with Gasteiger partial charge in [0.1, 0.15) is 0 Å². The van der Waals surface area contributed by atoms with Crippen LogP contribution < -0.4 is 9.64 Å². The number of ether oxygens (including phenoxy) is 1. The maximum atomic E-state index is 6.19. The van der Waals surface area contributed by atoms with E-state index in [2.05, 4.69) is 89.8 Å². The summed E-state index contributed by atoms with van der Waals surface area (Å²) in [6, 6.07) is 44.0. The number of hydrogen-bond acceptors (Lipinski definition) is 4. The van der Waals surface area contributed by atoms with Crippen LogP contribution in [0.1, 0.15) is 0 Å². The van der Waals surface area contributed by atoms with E-state index in [1.165, 1.54) is 5.56 Å². The van der Waals surface area contributed by atoms with Crippen molar-refractivity contribution in [1.29, 1.82) is 0 Å². The zero-order chi connectivity index (χ0) is 26.5. The molecule has 0 spiro atoms. The topological polar surface area (TPSA) is 38.2 Å². The van der Waals surface area contributed by atoms with E-state index in [9.17, 15) is 0 Å². The predicted molar refractivity (Wildman–Crippen MR) is 163 cm³/mol. The SMILES string of the molecule is c1ccc(-c2ccnc3c2ccc2c(-c4ccc(N5c6ccccc6Oc6ccccc65)cc4)ccnc23)cc1. The first-order valence-electron chi connectivity index (χ1n) is 13.3. The molecule has 0 saturated heterocycles. The number of pyridine rings is 2. The molecule has 8 rings (SSSR count). The summed E-state index contributed by atoms with van der Waals surface area (Å²) in [5.74, 6) is 1.69. The Morgan fingerprint density at radius 1 is 0.450 bits per heavy atom. The van der Waals surface area contributed by atoms with Crippen molar-refractivity contribution >= 4 is 38.9 Å². The van der Waals surface area contributed by atoms with Crippen LogP contribution in [0.15, 0.2) is 140 Å². The third-order valence-electron chi connectivity index (χ3n) is 7.57. The zero-order valence-corrected chi connectivity index (χ0v) is 21.5. The van der Waals surface area contributed by atoms with Crippen LogP contribution in [0.5, 0.6) is 11.5 Å². The molecule has 4 nitrogen and oxygen atoms in total. The van der Waals surface area contributed by atoms with Gasteiger partial charge in [-0.2, -0.15) is 0 Å². The lowest BCUT2D eigenvalue weighted by atomic mass is 9.96. The average Bonchev–Trinajstić information content (AvgIpc) is 3.03. The number of benzene rings is 5. The highest BCUT2D eigenvalue weighted by molar-refractivity contribution is 6.11. The highest BCUT2D eigenvalue weighted by atomic mass is 16.5.